The lowest BCUT2D eigenvalue weighted by atomic mass is 9.85. The Bertz CT molecular complexity index is 262. The Balaban J connectivity index is 1.95. The van der Waals surface area contributed by atoms with Crippen LogP contribution in [-0.4, -0.2) is 30.1 Å². The van der Waals surface area contributed by atoms with Crippen LogP contribution in [0.25, 0.3) is 0 Å². The van der Waals surface area contributed by atoms with Gasteiger partial charge in [0.2, 0.25) is 0 Å². The number of hydrogen-bond acceptors (Lipinski definition) is 2. The van der Waals surface area contributed by atoms with E-state index < -0.39 is 0 Å². The maximum atomic E-state index is 6.47. The lowest BCUT2D eigenvalue weighted by Crippen LogP contribution is -2.45. The Hall–Kier alpha value is -0.0800. The van der Waals surface area contributed by atoms with E-state index in [-0.39, 0.29) is 0 Å². The van der Waals surface area contributed by atoms with Gasteiger partial charge in [-0.25, -0.2) is 0 Å². The molecule has 0 spiro atoms. The lowest BCUT2D eigenvalue weighted by molar-refractivity contribution is 0.152. The van der Waals surface area contributed by atoms with Gasteiger partial charge in [-0.2, -0.15) is 0 Å². The van der Waals surface area contributed by atoms with Gasteiger partial charge < -0.3 is 10.6 Å². The third kappa shape index (κ3) is 3.08. The van der Waals surface area contributed by atoms with E-state index in [2.05, 4.69) is 25.7 Å². The van der Waals surface area contributed by atoms with Crippen LogP contribution >= 0.6 is 0 Å². The Labute approximate surface area is 113 Å². The summed E-state index contributed by atoms with van der Waals surface area (Å²) in [5.41, 5.74) is 6.83. The molecule has 106 valence electrons. The molecule has 3 unspecified atom stereocenters. The number of likely N-dealkylation sites (tertiary alicyclic amines) is 1. The van der Waals surface area contributed by atoms with Crippen molar-refractivity contribution in [2.45, 2.75) is 77.8 Å². The van der Waals surface area contributed by atoms with Crippen LogP contribution in [-0.2, 0) is 0 Å². The van der Waals surface area contributed by atoms with Gasteiger partial charge in [-0.15, -0.1) is 0 Å². The van der Waals surface area contributed by atoms with E-state index in [1.54, 1.807) is 0 Å². The number of nitrogens with zero attached hydrogens (tertiary/aromatic N) is 1. The summed E-state index contributed by atoms with van der Waals surface area (Å²) in [6.45, 7) is 9.60. The van der Waals surface area contributed by atoms with Gasteiger partial charge in [-0.05, 0) is 50.0 Å². The van der Waals surface area contributed by atoms with Crippen LogP contribution in [0.5, 0.6) is 0 Å². The molecule has 2 nitrogen and oxygen atoms in total. The molecule has 2 heteroatoms. The molecule has 2 fully saturated rings. The maximum absolute atomic E-state index is 6.47. The number of nitrogens with two attached hydrogens (primary N) is 1. The lowest BCUT2D eigenvalue weighted by Gasteiger charge is -2.34. The molecule has 0 aromatic carbocycles. The Morgan fingerprint density at radius 3 is 2.56 bits per heavy atom. The first-order chi connectivity index (χ1) is 8.54. The van der Waals surface area contributed by atoms with Gasteiger partial charge in [0.05, 0.1) is 0 Å². The number of hydrogen-bond donors (Lipinski definition) is 1. The molecule has 2 aliphatic rings. The minimum absolute atomic E-state index is 0.359. The van der Waals surface area contributed by atoms with Crippen LogP contribution in [0.2, 0.25) is 0 Å². The maximum Gasteiger partial charge on any atom is 0.0131 e. The van der Waals surface area contributed by atoms with E-state index in [4.69, 9.17) is 5.73 Å². The zero-order chi connectivity index (χ0) is 13.2. The predicted molar refractivity (Wildman–Crippen MR) is 78.6 cm³/mol. The quantitative estimate of drug-likeness (QED) is 0.834. The third-order valence-corrected chi connectivity index (χ3v) is 5.51. The smallest absolute Gasteiger partial charge is 0.0131 e. The van der Waals surface area contributed by atoms with Crippen molar-refractivity contribution in [1.29, 1.82) is 0 Å². The molecule has 0 radical (unpaired) electrons. The fourth-order valence-corrected chi connectivity index (χ4v) is 3.99. The zero-order valence-electron chi connectivity index (χ0n) is 12.6. The molecule has 0 bridgehead atoms. The average molecular weight is 252 g/mol. The van der Waals surface area contributed by atoms with Crippen LogP contribution in [0.15, 0.2) is 0 Å². The summed E-state index contributed by atoms with van der Waals surface area (Å²) < 4.78 is 0. The van der Waals surface area contributed by atoms with Crippen LogP contribution in [0.1, 0.15) is 65.7 Å². The molecule has 0 aromatic rings. The highest BCUT2D eigenvalue weighted by atomic mass is 15.2. The van der Waals surface area contributed by atoms with Gasteiger partial charge in [0, 0.05) is 18.6 Å². The van der Waals surface area contributed by atoms with Crippen molar-refractivity contribution in [3.8, 4) is 0 Å². The monoisotopic (exact) mass is 252 g/mol. The van der Waals surface area contributed by atoms with Crippen molar-refractivity contribution in [3.63, 3.8) is 0 Å². The molecule has 18 heavy (non-hydrogen) atoms. The summed E-state index contributed by atoms with van der Waals surface area (Å²) in [6.07, 6.45) is 9.60. The van der Waals surface area contributed by atoms with Gasteiger partial charge in [-0.1, -0.05) is 33.6 Å². The summed E-state index contributed by atoms with van der Waals surface area (Å²) in [5.74, 6) is 0.729. The van der Waals surface area contributed by atoms with Crippen molar-refractivity contribution >= 4 is 0 Å². The van der Waals surface area contributed by atoms with Crippen molar-refractivity contribution in [1.82, 2.24) is 4.90 Å². The highest BCUT2D eigenvalue weighted by molar-refractivity contribution is 4.95. The summed E-state index contributed by atoms with van der Waals surface area (Å²) >= 11 is 0. The Morgan fingerprint density at radius 1 is 1.17 bits per heavy atom. The van der Waals surface area contributed by atoms with Crippen molar-refractivity contribution in [2.24, 2.45) is 17.1 Å². The molecule has 1 saturated carbocycles. The summed E-state index contributed by atoms with van der Waals surface area (Å²) in [4.78, 5) is 2.76. The topological polar surface area (TPSA) is 29.3 Å². The molecule has 1 aliphatic heterocycles. The van der Waals surface area contributed by atoms with E-state index in [9.17, 15) is 0 Å². The Morgan fingerprint density at radius 2 is 1.94 bits per heavy atom. The van der Waals surface area contributed by atoms with Gasteiger partial charge in [0.25, 0.3) is 0 Å². The zero-order valence-corrected chi connectivity index (χ0v) is 12.6. The molecule has 0 aromatic heterocycles. The van der Waals surface area contributed by atoms with Gasteiger partial charge in [0.15, 0.2) is 0 Å². The van der Waals surface area contributed by atoms with Crippen LogP contribution in [0.4, 0.5) is 0 Å². The van der Waals surface area contributed by atoms with E-state index in [0.29, 0.717) is 11.5 Å². The summed E-state index contributed by atoms with van der Waals surface area (Å²) in [6, 6.07) is 1.22. The van der Waals surface area contributed by atoms with E-state index in [1.807, 2.05) is 0 Å². The van der Waals surface area contributed by atoms with E-state index >= 15 is 0 Å². The second-order valence-corrected chi connectivity index (χ2v) is 7.22. The predicted octanol–water partition coefficient (Wildman–Crippen LogP) is 3.40. The molecular formula is C16H32N2. The Kier molecular flexibility index (Phi) is 4.71. The summed E-state index contributed by atoms with van der Waals surface area (Å²) in [7, 11) is 0. The molecule has 1 aliphatic carbocycles. The highest BCUT2D eigenvalue weighted by Gasteiger charge is 2.40. The van der Waals surface area contributed by atoms with Gasteiger partial charge >= 0.3 is 0 Å². The van der Waals surface area contributed by atoms with Crippen molar-refractivity contribution in [2.75, 3.05) is 13.1 Å². The van der Waals surface area contributed by atoms with Crippen LogP contribution < -0.4 is 5.73 Å². The SMILES string of the molecule is CCC1CCCCCN1CC1CCC(C)(C)C1N. The normalized spacial score (nSPS) is 37.7. The minimum atomic E-state index is 0.359. The molecular weight excluding hydrogens is 220 g/mol. The molecule has 2 rings (SSSR count). The molecule has 1 saturated heterocycles. The highest BCUT2D eigenvalue weighted by Crippen LogP contribution is 2.40. The first kappa shape index (κ1) is 14.3. The van der Waals surface area contributed by atoms with Gasteiger partial charge in [0.1, 0.15) is 0 Å². The molecule has 1 heterocycles. The van der Waals surface area contributed by atoms with Crippen LogP contribution in [0, 0.1) is 11.3 Å². The minimum Gasteiger partial charge on any atom is -0.327 e. The fraction of sp³-hybridized carbons (Fsp3) is 1.00. The standard InChI is InChI=1S/C16H32N2/c1-4-14-8-6-5-7-11-18(14)12-13-9-10-16(2,3)15(13)17/h13-15H,4-12,17H2,1-3H3. The molecule has 2 N–H and O–H groups in total. The second kappa shape index (κ2) is 5.92. The van der Waals surface area contributed by atoms with E-state index in [0.717, 1.165) is 12.0 Å². The molecule has 3 atom stereocenters. The van der Waals surface area contributed by atoms with Gasteiger partial charge in [-0.3, -0.25) is 0 Å². The van der Waals surface area contributed by atoms with Crippen molar-refractivity contribution < 1.29 is 0 Å². The summed E-state index contributed by atoms with van der Waals surface area (Å²) in [5, 5.41) is 0. The second-order valence-electron chi connectivity index (χ2n) is 7.22. The fourth-order valence-electron chi connectivity index (χ4n) is 3.99. The first-order valence-corrected chi connectivity index (χ1v) is 8.04. The molecule has 0 amide bonds. The van der Waals surface area contributed by atoms with Crippen molar-refractivity contribution in [3.05, 3.63) is 0 Å². The van der Waals surface area contributed by atoms with Crippen LogP contribution in [0.3, 0.4) is 0 Å². The number of rotatable bonds is 3. The third-order valence-electron chi connectivity index (χ3n) is 5.51. The average Bonchev–Trinajstić information content (AvgIpc) is 2.55. The van der Waals surface area contributed by atoms with E-state index in [1.165, 1.54) is 58.0 Å². The largest absolute Gasteiger partial charge is 0.327 e. The first-order valence-electron chi connectivity index (χ1n) is 8.04.